The molecule has 76 valence electrons. The van der Waals surface area contributed by atoms with Crippen molar-refractivity contribution in [2.75, 3.05) is 12.4 Å². The van der Waals surface area contributed by atoms with Crippen molar-refractivity contribution in [3.05, 3.63) is 0 Å². The zero-order chi connectivity index (χ0) is 9.84. The fourth-order valence-electron chi connectivity index (χ4n) is 1.46. The zero-order valence-corrected chi connectivity index (χ0v) is 9.18. The molecule has 1 saturated carbocycles. The van der Waals surface area contributed by atoms with Crippen molar-refractivity contribution >= 4 is 17.5 Å². The lowest BCUT2D eigenvalue weighted by Crippen LogP contribution is -2.36. The standard InChI is InChI=1S/C10H18ClNO/c1-8(2)7-12(9-3-4-9)10(13)5-6-11/h8-9H,3-7H2,1-2H3. The molecule has 1 rings (SSSR count). The molecule has 1 aliphatic rings. The summed E-state index contributed by atoms with van der Waals surface area (Å²) in [5.74, 6) is 1.23. The molecule has 0 aromatic rings. The summed E-state index contributed by atoms with van der Waals surface area (Å²) in [6, 6.07) is 0.526. The summed E-state index contributed by atoms with van der Waals surface area (Å²) in [5, 5.41) is 0. The van der Waals surface area contributed by atoms with E-state index in [4.69, 9.17) is 11.6 Å². The highest BCUT2D eigenvalue weighted by Gasteiger charge is 2.32. The van der Waals surface area contributed by atoms with Crippen LogP contribution in [0.3, 0.4) is 0 Å². The van der Waals surface area contributed by atoms with E-state index in [1.807, 2.05) is 4.90 Å². The van der Waals surface area contributed by atoms with E-state index in [2.05, 4.69) is 13.8 Å². The predicted molar refractivity (Wildman–Crippen MR) is 54.9 cm³/mol. The van der Waals surface area contributed by atoms with Gasteiger partial charge in [0.25, 0.3) is 0 Å². The molecular formula is C10H18ClNO. The second-order valence-electron chi connectivity index (χ2n) is 4.11. The van der Waals surface area contributed by atoms with Crippen LogP contribution in [0.2, 0.25) is 0 Å². The first kappa shape index (κ1) is 10.8. The minimum Gasteiger partial charge on any atom is -0.339 e. The first-order chi connectivity index (χ1) is 6.15. The van der Waals surface area contributed by atoms with Crippen LogP contribution in [0.1, 0.15) is 33.1 Å². The monoisotopic (exact) mass is 203 g/mol. The van der Waals surface area contributed by atoms with E-state index >= 15 is 0 Å². The minimum atomic E-state index is 0.228. The van der Waals surface area contributed by atoms with Crippen LogP contribution >= 0.6 is 11.6 Å². The maximum absolute atomic E-state index is 11.6. The van der Waals surface area contributed by atoms with Crippen molar-refractivity contribution in [2.45, 2.75) is 39.2 Å². The molecule has 0 radical (unpaired) electrons. The van der Waals surface area contributed by atoms with Crippen LogP contribution in [0.5, 0.6) is 0 Å². The van der Waals surface area contributed by atoms with Gasteiger partial charge < -0.3 is 4.90 Å². The summed E-state index contributed by atoms with van der Waals surface area (Å²) >= 11 is 5.55. The van der Waals surface area contributed by atoms with Crippen LogP contribution in [-0.2, 0) is 4.79 Å². The van der Waals surface area contributed by atoms with E-state index in [1.165, 1.54) is 12.8 Å². The number of alkyl halides is 1. The molecule has 0 unspecified atom stereocenters. The van der Waals surface area contributed by atoms with E-state index in [1.54, 1.807) is 0 Å². The third kappa shape index (κ3) is 3.55. The predicted octanol–water partition coefficient (Wildman–Crippen LogP) is 2.26. The van der Waals surface area contributed by atoms with Crippen LogP contribution in [0.15, 0.2) is 0 Å². The van der Waals surface area contributed by atoms with E-state index < -0.39 is 0 Å². The van der Waals surface area contributed by atoms with Gasteiger partial charge in [0.05, 0.1) is 0 Å². The number of amides is 1. The van der Waals surface area contributed by atoms with Crippen molar-refractivity contribution in [3.63, 3.8) is 0 Å². The summed E-state index contributed by atoms with van der Waals surface area (Å²) in [6.45, 7) is 5.17. The number of hydrogen-bond donors (Lipinski definition) is 0. The van der Waals surface area contributed by atoms with Crippen molar-refractivity contribution in [1.29, 1.82) is 0 Å². The summed E-state index contributed by atoms with van der Waals surface area (Å²) in [4.78, 5) is 13.6. The Morgan fingerprint density at radius 2 is 2.15 bits per heavy atom. The highest BCUT2D eigenvalue weighted by atomic mass is 35.5. The van der Waals surface area contributed by atoms with Gasteiger partial charge in [-0.25, -0.2) is 0 Å². The summed E-state index contributed by atoms with van der Waals surface area (Å²) in [5.41, 5.74) is 0. The molecule has 3 heteroatoms. The van der Waals surface area contributed by atoms with E-state index in [0.717, 1.165) is 6.54 Å². The van der Waals surface area contributed by atoms with Gasteiger partial charge in [-0.15, -0.1) is 11.6 Å². The van der Waals surface area contributed by atoms with E-state index in [0.29, 0.717) is 24.3 Å². The molecule has 1 amide bonds. The van der Waals surface area contributed by atoms with Crippen molar-refractivity contribution in [2.24, 2.45) is 5.92 Å². The molecule has 0 aromatic heterocycles. The molecule has 1 aliphatic carbocycles. The van der Waals surface area contributed by atoms with Crippen molar-refractivity contribution in [1.82, 2.24) is 4.90 Å². The molecule has 0 saturated heterocycles. The summed E-state index contributed by atoms with van der Waals surface area (Å²) in [6.07, 6.45) is 2.85. The number of carbonyl (C=O) groups excluding carboxylic acids is 1. The lowest BCUT2D eigenvalue weighted by atomic mass is 10.2. The largest absolute Gasteiger partial charge is 0.339 e. The van der Waals surface area contributed by atoms with Gasteiger partial charge in [-0.2, -0.15) is 0 Å². The second-order valence-corrected chi connectivity index (χ2v) is 4.49. The lowest BCUT2D eigenvalue weighted by molar-refractivity contribution is -0.131. The third-order valence-corrected chi connectivity index (χ3v) is 2.37. The molecule has 0 heterocycles. The van der Waals surface area contributed by atoms with E-state index in [-0.39, 0.29) is 5.91 Å². The molecule has 13 heavy (non-hydrogen) atoms. The van der Waals surface area contributed by atoms with Crippen LogP contribution in [0, 0.1) is 5.92 Å². The van der Waals surface area contributed by atoms with Gasteiger partial charge in [-0.05, 0) is 18.8 Å². The molecule has 0 aliphatic heterocycles. The van der Waals surface area contributed by atoms with Gasteiger partial charge in [0.2, 0.25) is 5.91 Å². The molecule has 0 N–H and O–H groups in total. The van der Waals surface area contributed by atoms with Crippen LogP contribution in [0.25, 0.3) is 0 Å². The molecule has 2 nitrogen and oxygen atoms in total. The molecule has 0 bridgehead atoms. The Bertz CT molecular complexity index is 178. The number of carbonyl (C=O) groups is 1. The highest BCUT2D eigenvalue weighted by molar-refractivity contribution is 6.18. The molecule has 0 atom stereocenters. The van der Waals surface area contributed by atoms with Gasteiger partial charge in [0.15, 0.2) is 0 Å². The quantitative estimate of drug-likeness (QED) is 0.628. The zero-order valence-electron chi connectivity index (χ0n) is 8.42. The maximum Gasteiger partial charge on any atom is 0.224 e. The summed E-state index contributed by atoms with van der Waals surface area (Å²) < 4.78 is 0. The first-order valence-corrected chi connectivity index (χ1v) is 5.54. The Hall–Kier alpha value is -0.240. The smallest absolute Gasteiger partial charge is 0.224 e. The normalized spacial score (nSPS) is 16.3. The Morgan fingerprint density at radius 3 is 2.54 bits per heavy atom. The fraction of sp³-hybridized carbons (Fsp3) is 0.900. The second kappa shape index (κ2) is 4.85. The Kier molecular flexibility index (Phi) is 4.04. The molecule has 0 aromatic carbocycles. The number of rotatable bonds is 5. The SMILES string of the molecule is CC(C)CN(C(=O)CCCl)C1CC1. The number of hydrogen-bond acceptors (Lipinski definition) is 1. The average Bonchev–Trinajstić information content (AvgIpc) is 2.82. The number of nitrogens with zero attached hydrogens (tertiary/aromatic N) is 1. The minimum absolute atomic E-state index is 0.228. The van der Waals surface area contributed by atoms with Crippen LogP contribution in [-0.4, -0.2) is 29.3 Å². The fourth-order valence-corrected chi connectivity index (χ4v) is 1.62. The first-order valence-electron chi connectivity index (χ1n) is 5.00. The van der Waals surface area contributed by atoms with Gasteiger partial charge in [-0.1, -0.05) is 13.8 Å². The van der Waals surface area contributed by atoms with Crippen LogP contribution < -0.4 is 0 Å². The van der Waals surface area contributed by atoms with Crippen molar-refractivity contribution < 1.29 is 4.79 Å². The van der Waals surface area contributed by atoms with Gasteiger partial charge in [-0.3, -0.25) is 4.79 Å². The molecule has 1 fully saturated rings. The number of halogens is 1. The molecular weight excluding hydrogens is 186 g/mol. The van der Waals surface area contributed by atoms with Crippen LogP contribution in [0.4, 0.5) is 0 Å². The highest BCUT2D eigenvalue weighted by Crippen LogP contribution is 2.28. The average molecular weight is 204 g/mol. The topological polar surface area (TPSA) is 20.3 Å². The maximum atomic E-state index is 11.6. The van der Waals surface area contributed by atoms with Crippen molar-refractivity contribution in [3.8, 4) is 0 Å². The Morgan fingerprint density at radius 1 is 1.54 bits per heavy atom. The third-order valence-electron chi connectivity index (χ3n) is 2.18. The Labute approximate surface area is 85.2 Å². The summed E-state index contributed by atoms with van der Waals surface area (Å²) in [7, 11) is 0. The van der Waals surface area contributed by atoms with Gasteiger partial charge >= 0.3 is 0 Å². The van der Waals surface area contributed by atoms with E-state index in [9.17, 15) is 4.79 Å². The molecule has 0 spiro atoms. The van der Waals surface area contributed by atoms with Gasteiger partial charge in [0.1, 0.15) is 0 Å². The van der Waals surface area contributed by atoms with Gasteiger partial charge in [0, 0.05) is 24.9 Å². The lowest BCUT2D eigenvalue weighted by Gasteiger charge is -2.24. The Balaban J connectivity index is 2.41.